The summed E-state index contributed by atoms with van der Waals surface area (Å²) >= 11 is 7.28. The van der Waals surface area contributed by atoms with Gasteiger partial charge in [0.2, 0.25) is 0 Å². The minimum absolute atomic E-state index is 0.0178. The molecule has 0 radical (unpaired) electrons. The highest BCUT2D eigenvalue weighted by molar-refractivity contribution is 7.15. The number of thiazole rings is 1. The van der Waals surface area contributed by atoms with E-state index in [0.717, 1.165) is 0 Å². The number of aromatic nitrogens is 2. The molecule has 0 atom stereocenters. The molecule has 2 aromatic heterocycles. The zero-order chi connectivity index (χ0) is 17.1. The molecule has 0 spiro atoms. The second-order valence-corrected chi connectivity index (χ2v) is 6.24. The van der Waals surface area contributed by atoms with Crippen molar-refractivity contribution in [2.45, 2.75) is 13.0 Å². The third kappa shape index (κ3) is 3.58. The summed E-state index contributed by atoms with van der Waals surface area (Å²) in [7, 11) is 1.52. The number of carbonyl (C=O) groups is 1. The molecule has 8 heteroatoms. The molecule has 0 N–H and O–H groups in total. The Morgan fingerprint density at radius 1 is 1.38 bits per heavy atom. The minimum atomic E-state index is -0.455. The van der Waals surface area contributed by atoms with E-state index in [1.54, 1.807) is 29.8 Å². The van der Waals surface area contributed by atoms with E-state index in [9.17, 15) is 9.59 Å². The summed E-state index contributed by atoms with van der Waals surface area (Å²) in [6.07, 6.45) is 1.67. The van der Waals surface area contributed by atoms with E-state index in [0.29, 0.717) is 27.0 Å². The van der Waals surface area contributed by atoms with E-state index in [1.807, 2.05) is 0 Å². The van der Waals surface area contributed by atoms with Gasteiger partial charge in [-0.05, 0) is 18.2 Å². The molecule has 0 unspecified atom stereocenters. The largest absolute Gasteiger partial charge is 0.496 e. The second-order valence-electron chi connectivity index (χ2n) is 4.93. The smallest absolute Gasteiger partial charge is 0.310 e. The van der Waals surface area contributed by atoms with Crippen molar-refractivity contribution in [1.82, 2.24) is 9.38 Å². The number of fused-ring (bicyclic) bond motifs is 1. The number of esters is 1. The van der Waals surface area contributed by atoms with Crippen molar-refractivity contribution in [3.8, 4) is 5.75 Å². The van der Waals surface area contributed by atoms with Crippen LogP contribution in [0, 0.1) is 0 Å². The number of methoxy groups -OCH3 is 1. The van der Waals surface area contributed by atoms with Gasteiger partial charge in [-0.25, -0.2) is 4.98 Å². The van der Waals surface area contributed by atoms with E-state index in [2.05, 4.69) is 4.98 Å². The van der Waals surface area contributed by atoms with E-state index in [1.165, 1.54) is 28.9 Å². The standard InChI is InChI=1S/C16H13ClN2O4S/c1-22-13-3-2-11(17)6-10(13)7-15(21)23-9-12-8-14(20)19-4-5-24-16(19)18-12/h2-6,8H,7,9H2,1H3. The Balaban J connectivity index is 1.69. The van der Waals surface area contributed by atoms with Crippen LogP contribution in [0.2, 0.25) is 5.02 Å². The lowest BCUT2D eigenvalue weighted by atomic mass is 10.1. The van der Waals surface area contributed by atoms with Crippen molar-refractivity contribution in [3.05, 3.63) is 62.5 Å². The summed E-state index contributed by atoms with van der Waals surface area (Å²) in [5, 5.41) is 2.28. The minimum Gasteiger partial charge on any atom is -0.496 e. The number of rotatable bonds is 5. The van der Waals surface area contributed by atoms with Gasteiger partial charge in [-0.15, -0.1) is 11.3 Å². The fourth-order valence-electron chi connectivity index (χ4n) is 2.21. The molecule has 0 saturated heterocycles. The van der Waals surface area contributed by atoms with Gasteiger partial charge in [0.15, 0.2) is 4.96 Å². The van der Waals surface area contributed by atoms with Crippen LogP contribution >= 0.6 is 22.9 Å². The van der Waals surface area contributed by atoms with Gasteiger partial charge in [-0.3, -0.25) is 14.0 Å². The zero-order valence-electron chi connectivity index (χ0n) is 12.7. The Kier molecular flexibility index (Phi) is 4.82. The predicted octanol–water partition coefficient (Wildman–Crippen LogP) is 2.70. The molecule has 0 aliphatic heterocycles. The first-order chi connectivity index (χ1) is 11.6. The van der Waals surface area contributed by atoms with Crippen LogP contribution in [0.25, 0.3) is 4.96 Å². The van der Waals surface area contributed by atoms with Gasteiger partial charge in [-0.2, -0.15) is 0 Å². The number of carbonyl (C=O) groups excluding carboxylic acids is 1. The van der Waals surface area contributed by atoms with E-state index in [4.69, 9.17) is 21.1 Å². The van der Waals surface area contributed by atoms with Crippen LogP contribution in [0.3, 0.4) is 0 Å². The van der Waals surface area contributed by atoms with Crippen molar-refractivity contribution >= 4 is 33.9 Å². The lowest BCUT2D eigenvalue weighted by molar-refractivity contribution is -0.144. The number of nitrogens with zero attached hydrogens (tertiary/aromatic N) is 2. The van der Waals surface area contributed by atoms with Crippen molar-refractivity contribution in [3.63, 3.8) is 0 Å². The molecule has 2 heterocycles. The average Bonchev–Trinajstić information content (AvgIpc) is 3.02. The highest BCUT2D eigenvalue weighted by Gasteiger charge is 2.12. The molecule has 0 aliphatic rings. The lowest BCUT2D eigenvalue weighted by Gasteiger charge is -2.09. The topological polar surface area (TPSA) is 69.9 Å². The van der Waals surface area contributed by atoms with E-state index < -0.39 is 5.97 Å². The maximum atomic E-state index is 12.0. The molecule has 0 amide bonds. The van der Waals surface area contributed by atoms with E-state index in [-0.39, 0.29) is 18.6 Å². The number of benzene rings is 1. The summed E-state index contributed by atoms with van der Waals surface area (Å²) in [5.74, 6) is 0.108. The van der Waals surface area contributed by atoms with Crippen molar-refractivity contribution in [2.24, 2.45) is 0 Å². The maximum absolute atomic E-state index is 12.0. The van der Waals surface area contributed by atoms with Crippen LogP contribution in [0.4, 0.5) is 0 Å². The predicted molar refractivity (Wildman–Crippen MR) is 90.8 cm³/mol. The quantitative estimate of drug-likeness (QED) is 0.651. The van der Waals surface area contributed by atoms with Gasteiger partial charge in [0.1, 0.15) is 12.4 Å². The third-order valence-corrected chi connectivity index (χ3v) is 4.31. The van der Waals surface area contributed by atoms with Gasteiger partial charge in [-0.1, -0.05) is 11.6 Å². The van der Waals surface area contributed by atoms with Crippen LogP contribution in [0.5, 0.6) is 5.75 Å². The van der Waals surface area contributed by atoms with E-state index >= 15 is 0 Å². The van der Waals surface area contributed by atoms with Crippen LogP contribution in [0.1, 0.15) is 11.3 Å². The van der Waals surface area contributed by atoms with Crippen molar-refractivity contribution in [1.29, 1.82) is 0 Å². The average molecular weight is 365 g/mol. The number of hydrogen-bond acceptors (Lipinski definition) is 6. The molecule has 0 aliphatic carbocycles. The summed E-state index contributed by atoms with van der Waals surface area (Å²) in [6, 6.07) is 6.39. The Bertz CT molecular complexity index is 951. The normalized spacial score (nSPS) is 10.8. The molecule has 1 aromatic carbocycles. The number of halogens is 1. The van der Waals surface area contributed by atoms with Gasteiger partial charge < -0.3 is 9.47 Å². The van der Waals surface area contributed by atoms with Crippen molar-refractivity contribution < 1.29 is 14.3 Å². The summed E-state index contributed by atoms with van der Waals surface area (Å²) in [5.41, 5.74) is 0.842. The molecule has 3 aromatic rings. The maximum Gasteiger partial charge on any atom is 0.310 e. The molecule has 0 saturated carbocycles. The summed E-state index contributed by atoms with van der Waals surface area (Å²) in [4.78, 5) is 28.8. The monoisotopic (exact) mass is 364 g/mol. The first kappa shape index (κ1) is 16.5. The van der Waals surface area contributed by atoms with Crippen LogP contribution in [-0.2, 0) is 22.6 Å². The molecule has 3 rings (SSSR count). The SMILES string of the molecule is COc1ccc(Cl)cc1CC(=O)OCc1cc(=O)n2ccsc2n1. The van der Waals surface area contributed by atoms with Crippen LogP contribution in [0.15, 0.2) is 40.6 Å². The van der Waals surface area contributed by atoms with Crippen molar-refractivity contribution in [2.75, 3.05) is 7.11 Å². The van der Waals surface area contributed by atoms with Gasteiger partial charge >= 0.3 is 5.97 Å². The summed E-state index contributed by atoms with van der Waals surface area (Å²) in [6.45, 7) is -0.0641. The number of ether oxygens (including phenoxy) is 2. The first-order valence-corrected chi connectivity index (χ1v) is 8.26. The second kappa shape index (κ2) is 7.02. The Hall–Kier alpha value is -2.38. The van der Waals surface area contributed by atoms with Crippen LogP contribution in [-0.4, -0.2) is 22.5 Å². The van der Waals surface area contributed by atoms with Gasteiger partial charge in [0.25, 0.3) is 5.56 Å². The number of hydrogen-bond donors (Lipinski definition) is 0. The first-order valence-electron chi connectivity index (χ1n) is 7.00. The Morgan fingerprint density at radius 3 is 3.00 bits per heavy atom. The Morgan fingerprint density at radius 2 is 2.21 bits per heavy atom. The van der Waals surface area contributed by atoms with Crippen LogP contribution < -0.4 is 10.3 Å². The fourth-order valence-corrected chi connectivity index (χ4v) is 3.14. The molecule has 124 valence electrons. The highest BCUT2D eigenvalue weighted by atomic mass is 35.5. The highest BCUT2D eigenvalue weighted by Crippen LogP contribution is 2.23. The molecular formula is C16H13ClN2O4S. The summed E-state index contributed by atoms with van der Waals surface area (Å²) < 4.78 is 11.8. The molecule has 6 nitrogen and oxygen atoms in total. The fraction of sp³-hybridized carbons (Fsp3) is 0.188. The van der Waals surface area contributed by atoms with Gasteiger partial charge in [0.05, 0.1) is 19.2 Å². The molecule has 0 bridgehead atoms. The molecule has 0 fully saturated rings. The van der Waals surface area contributed by atoms with Gasteiger partial charge in [0, 0.05) is 28.2 Å². The molecule has 24 heavy (non-hydrogen) atoms. The lowest BCUT2D eigenvalue weighted by Crippen LogP contribution is -2.15. The third-order valence-electron chi connectivity index (χ3n) is 3.31. The molecular weight excluding hydrogens is 352 g/mol. The zero-order valence-corrected chi connectivity index (χ0v) is 14.3. The Labute approximate surface area is 146 Å².